The molecule has 2 aromatic rings. The van der Waals surface area contributed by atoms with Gasteiger partial charge in [0.2, 0.25) is 0 Å². The summed E-state index contributed by atoms with van der Waals surface area (Å²) in [6.45, 7) is 7.59. The number of rotatable bonds is 9. The van der Waals surface area contributed by atoms with Crippen LogP contribution in [-0.4, -0.2) is 32.8 Å². The first-order chi connectivity index (χ1) is 12.2. The van der Waals surface area contributed by atoms with E-state index in [2.05, 4.69) is 41.6 Å². The van der Waals surface area contributed by atoms with Gasteiger partial charge >= 0.3 is 0 Å². The maximum atomic E-state index is 5.57. The molecule has 25 heavy (non-hydrogen) atoms. The van der Waals surface area contributed by atoms with Crippen molar-refractivity contribution in [3.8, 4) is 5.75 Å². The maximum absolute atomic E-state index is 5.57. The molecule has 0 unspecified atom stereocenters. The molecule has 0 bridgehead atoms. The number of aryl methyl sites for hydroxylation is 1. The van der Waals surface area contributed by atoms with Gasteiger partial charge in [0, 0.05) is 23.4 Å². The minimum Gasteiger partial charge on any atom is -0.491 e. The highest BCUT2D eigenvalue weighted by molar-refractivity contribution is 7.11. The third-order valence-electron chi connectivity index (χ3n) is 3.47. The van der Waals surface area contributed by atoms with E-state index in [0.717, 1.165) is 30.4 Å². The van der Waals surface area contributed by atoms with E-state index in [0.29, 0.717) is 19.8 Å². The second-order valence-electron chi connectivity index (χ2n) is 5.55. The molecule has 0 aliphatic carbocycles. The van der Waals surface area contributed by atoms with Crippen LogP contribution < -0.4 is 15.4 Å². The van der Waals surface area contributed by atoms with Crippen LogP contribution in [0.4, 0.5) is 0 Å². The fourth-order valence-electron chi connectivity index (χ4n) is 2.20. The fraction of sp³-hybridized carbons (Fsp3) is 0.421. The van der Waals surface area contributed by atoms with Crippen molar-refractivity contribution >= 4 is 17.3 Å². The Kier molecular flexibility index (Phi) is 8.28. The molecular formula is C19H27N3O2S. The third kappa shape index (κ3) is 7.15. The number of methoxy groups -OCH3 is 1. The summed E-state index contributed by atoms with van der Waals surface area (Å²) in [7, 11) is 1.67. The van der Waals surface area contributed by atoms with Crippen LogP contribution in [0.2, 0.25) is 0 Å². The summed E-state index contributed by atoms with van der Waals surface area (Å²) in [6, 6.07) is 12.3. The standard InChI is InChI=1S/C19H27N3O2S/c1-4-20-19(22-14-18-10-5-15(2)25-18)21-13-16-6-8-17(9-7-16)24-12-11-23-3/h5-10H,4,11-14H2,1-3H3,(H2,20,21,22). The van der Waals surface area contributed by atoms with Crippen LogP contribution in [0.15, 0.2) is 41.4 Å². The van der Waals surface area contributed by atoms with Crippen molar-refractivity contribution in [2.75, 3.05) is 26.9 Å². The number of hydrogen-bond donors (Lipinski definition) is 2. The Balaban J connectivity index is 1.86. The van der Waals surface area contributed by atoms with Crippen molar-refractivity contribution in [1.82, 2.24) is 10.6 Å². The van der Waals surface area contributed by atoms with E-state index < -0.39 is 0 Å². The first-order valence-corrected chi connectivity index (χ1v) is 9.31. The maximum Gasteiger partial charge on any atom is 0.191 e. The molecule has 0 atom stereocenters. The molecule has 0 saturated carbocycles. The average molecular weight is 362 g/mol. The Morgan fingerprint density at radius 2 is 1.88 bits per heavy atom. The van der Waals surface area contributed by atoms with Crippen LogP contribution in [0.1, 0.15) is 22.2 Å². The molecule has 1 aromatic carbocycles. The lowest BCUT2D eigenvalue weighted by Gasteiger charge is -2.11. The van der Waals surface area contributed by atoms with Gasteiger partial charge in [0.1, 0.15) is 12.4 Å². The highest BCUT2D eigenvalue weighted by Crippen LogP contribution is 2.15. The Bertz CT molecular complexity index is 653. The lowest BCUT2D eigenvalue weighted by molar-refractivity contribution is 0.146. The van der Waals surface area contributed by atoms with Crippen molar-refractivity contribution in [2.45, 2.75) is 26.9 Å². The van der Waals surface area contributed by atoms with Crippen LogP contribution in [0, 0.1) is 6.92 Å². The molecule has 136 valence electrons. The molecule has 0 saturated heterocycles. The van der Waals surface area contributed by atoms with Crippen LogP contribution in [0.5, 0.6) is 5.75 Å². The van der Waals surface area contributed by atoms with E-state index in [1.54, 1.807) is 18.4 Å². The average Bonchev–Trinajstić information content (AvgIpc) is 3.04. The van der Waals surface area contributed by atoms with Gasteiger partial charge in [-0.1, -0.05) is 12.1 Å². The molecule has 2 rings (SSSR count). The largest absolute Gasteiger partial charge is 0.491 e. The van der Waals surface area contributed by atoms with Gasteiger partial charge in [-0.2, -0.15) is 0 Å². The molecule has 5 nitrogen and oxygen atoms in total. The van der Waals surface area contributed by atoms with E-state index >= 15 is 0 Å². The first-order valence-electron chi connectivity index (χ1n) is 8.49. The quantitative estimate of drug-likeness (QED) is 0.409. The lowest BCUT2D eigenvalue weighted by Crippen LogP contribution is -2.36. The monoisotopic (exact) mass is 361 g/mol. The minimum atomic E-state index is 0.560. The molecule has 0 spiro atoms. The molecule has 0 amide bonds. The van der Waals surface area contributed by atoms with Crippen LogP contribution >= 0.6 is 11.3 Å². The Hall–Kier alpha value is -2.05. The number of guanidine groups is 1. The summed E-state index contributed by atoms with van der Waals surface area (Å²) in [5.74, 6) is 1.68. The van der Waals surface area contributed by atoms with Gasteiger partial charge in [-0.3, -0.25) is 0 Å². The van der Waals surface area contributed by atoms with Gasteiger partial charge in [0.25, 0.3) is 0 Å². The lowest BCUT2D eigenvalue weighted by atomic mass is 10.2. The summed E-state index contributed by atoms with van der Waals surface area (Å²) in [5, 5.41) is 6.66. The van der Waals surface area contributed by atoms with Crippen LogP contribution in [-0.2, 0) is 17.8 Å². The van der Waals surface area contributed by atoms with Gasteiger partial charge in [-0.15, -0.1) is 11.3 Å². The van der Waals surface area contributed by atoms with E-state index in [1.807, 2.05) is 24.3 Å². The molecular weight excluding hydrogens is 334 g/mol. The van der Waals surface area contributed by atoms with Gasteiger partial charge in [-0.25, -0.2) is 4.99 Å². The molecule has 0 radical (unpaired) electrons. The zero-order chi connectivity index (χ0) is 17.9. The highest BCUT2D eigenvalue weighted by Gasteiger charge is 2.01. The Labute approximate surface area is 154 Å². The van der Waals surface area contributed by atoms with E-state index in [1.165, 1.54) is 9.75 Å². The van der Waals surface area contributed by atoms with Crippen molar-refractivity contribution in [3.05, 3.63) is 51.7 Å². The van der Waals surface area contributed by atoms with E-state index in [-0.39, 0.29) is 0 Å². The number of nitrogens with zero attached hydrogens (tertiary/aromatic N) is 1. The summed E-state index contributed by atoms with van der Waals surface area (Å²) < 4.78 is 10.5. The van der Waals surface area contributed by atoms with Gasteiger partial charge < -0.3 is 20.1 Å². The van der Waals surface area contributed by atoms with Crippen LogP contribution in [0.25, 0.3) is 0 Å². The zero-order valence-corrected chi connectivity index (χ0v) is 16.0. The van der Waals surface area contributed by atoms with Crippen molar-refractivity contribution < 1.29 is 9.47 Å². The van der Waals surface area contributed by atoms with Gasteiger partial charge in [0.05, 0.1) is 19.7 Å². The number of hydrogen-bond acceptors (Lipinski definition) is 4. The van der Waals surface area contributed by atoms with Crippen LogP contribution in [0.3, 0.4) is 0 Å². The van der Waals surface area contributed by atoms with Gasteiger partial charge in [0.15, 0.2) is 5.96 Å². The van der Waals surface area contributed by atoms with Gasteiger partial charge in [-0.05, 0) is 43.7 Å². The zero-order valence-electron chi connectivity index (χ0n) is 15.2. The Morgan fingerprint density at radius 3 is 2.52 bits per heavy atom. The Morgan fingerprint density at radius 1 is 1.08 bits per heavy atom. The predicted molar refractivity (Wildman–Crippen MR) is 105 cm³/mol. The topological polar surface area (TPSA) is 54.9 Å². The molecule has 1 heterocycles. The van der Waals surface area contributed by atoms with Crippen molar-refractivity contribution in [2.24, 2.45) is 4.99 Å². The molecule has 0 aliphatic heterocycles. The smallest absolute Gasteiger partial charge is 0.191 e. The van der Waals surface area contributed by atoms with E-state index in [4.69, 9.17) is 9.47 Å². The molecule has 1 aromatic heterocycles. The second-order valence-corrected chi connectivity index (χ2v) is 6.92. The molecule has 2 N–H and O–H groups in total. The summed E-state index contributed by atoms with van der Waals surface area (Å²) in [6.07, 6.45) is 0. The summed E-state index contributed by atoms with van der Waals surface area (Å²) >= 11 is 1.80. The predicted octanol–water partition coefficient (Wildman–Crippen LogP) is 3.34. The molecule has 6 heteroatoms. The molecule has 0 fully saturated rings. The summed E-state index contributed by atoms with van der Waals surface area (Å²) in [4.78, 5) is 7.28. The number of benzene rings is 1. The number of thiophene rings is 1. The summed E-state index contributed by atoms with van der Waals surface area (Å²) in [5.41, 5.74) is 1.14. The fourth-order valence-corrected chi connectivity index (χ4v) is 3.03. The third-order valence-corrected chi connectivity index (χ3v) is 4.47. The normalized spacial score (nSPS) is 11.4. The van der Waals surface area contributed by atoms with Crippen molar-refractivity contribution in [3.63, 3.8) is 0 Å². The number of nitrogens with one attached hydrogen (secondary N) is 2. The SMILES string of the molecule is CCNC(=NCc1ccc(OCCOC)cc1)NCc1ccc(C)s1. The second kappa shape index (κ2) is 10.7. The minimum absolute atomic E-state index is 0.560. The number of ether oxygens (including phenoxy) is 2. The first kappa shape index (κ1) is 19.3. The van der Waals surface area contributed by atoms with Crippen molar-refractivity contribution in [1.29, 1.82) is 0 Å². The number of aliphatic imine (C=N–C) groups is 1. The highest BCUT2D eigenvalue weighted by atomic mass is 32.1. The van der Waals surface area contributed by atoms with E-state index in [9.17, 15) is 0 Å². The molecule has 0 aliphatic rings.